The van der Waals surface area contributed by atoms with Crippen molar-refractivity contribution < 1.29 is 14.7 Å². The number of carboxylic acid groups (broad SMARTS) is 1. The van der Waals surface area contributed by atoms with Crippen molar-refractivity contribution in [2.45, 2.75) is 73.6 Å². The zero-order chi connectivity index (χ0) is 30.3. The Morgan fingerprint density at radius 2 is 1.33 bits per heavy atom. The molecular formula is C35H38N4O3. The number of aryl methyl sites for hydroxylation is 3. The Labute approximate surface area is 246 Å². The SMILES string of the molecule is C=Cc1c(C)c2cc3[nH]c(cc4nc(cc5nc(cc1[nH]2)C(C)=C5CCC(C)=O)C(CCC(=O)O)=C4C)c(C)c3CC. The lowest BCUT2D eigenvalue weighted by Gasteiger charge is -2.05. The van der Waals surface area contributed by atoms with E-state index >= 15 is 0 Å². The van der Waals surface area contributed by atoms with Gasteiger partial charge in [-0.3, -0.25) is 4.79 Å². The van der Waals surface area contributed by atoms with Crippen LogP contribution in [0.5, 0.6) is 0 Å². The molecule has 0 unspecified atom stereocenters. The van der Waals surface area contributed by atoms with Crippen LogP contribution in [0.25, 0.3) is 50.4 Å². The van der Waals surface area contributed by atoms with Crippen molar-refractivity contribution in [1.29, 1.82) is 0 Å². The Balaban J connectivity index is 1.93. The normalized spacial score (nSPS) is 13.2. The fourth-order valence-corrected chi connectivity index (χ4v) is 6.06. The second kappa shape index (κ2) is 11.4. The molecule has 0 atom stereocenters. The number of aliphatic carboxylic acids is 1. The first-order valence-corrected chi connectivity index (χ1v) is 14.5. The molecule has 42 heavy (non-hydrogen) atoms. The number of aromatic amines is 2. The molecule has 0 radical (unpaired) electrons. The van der Waals surface area contributed by atoms with Gasteiger partial charge in [0.15, 0.2) is 0 Å². The molecule has 0 spiro atoms. The first kappa shape index (κ1) is 29.0. The maximum Gasteiger partial charge on any atom is 0.303 e. The predicted octanol–water partition coefficient (Wildman–Crippen LogP) is 8.23. The average Bonchev–Trinajstić information content (AvgIpc) is 3.59. The number of H-pyrrole nitrogens is 2. The molecule has 5 heterocycles. The van der Waals surface area contributed by atoms with Crippen LogP contribution in [0.2, 0.25) is 0 Å². The average molecular weight is 563 g/mol. The smallest absolute Gasteiger partial charge is 0.303 e. The summed E-state index contributed by atoms with van der Waals surface area (Å²) in [6.45, 7) is 16.1. The van der Waals surface area contributed by atoms with E-state index < -0.39 is 5.97 Å². The van der Waals surface area contributed by atoms with Crippen LogP contribution in [0.1, 0.15) is 98.4 Å². The van der Waals surface area contributed by atoms with Gasteiger partial charge in [-0.15, -0.1) is 0 Å². The Morgan fingerprint density at radius 3 is 1.88 bits per heavy atom. The minimum atomic E-state index is -0.849. The number of rotatable bonds is 8. The van der Waals surface area contributed by atoms with Gasteiger partial charge in [0.1, 0.15) is 5.78 Å². The van der Waals surface area contributed by atoms with E-state index in [2.05, 4.69) is 55.5 Å². The number of Topliss-reactive ketones (excluding diaryl/α,β-unsaturated/α-hetero) is 1. The largest absolute Gasteiger partial charge is 0.481 e. The number of carbonyl (C=O) groups excluding carboxylic acids is 1. The van der Waals surface area contributed by atoms with E-state index in [9.17, 15) is 14.7 Å². The molecule has 0 saturated carbocycles. The molecule has 0 aliphatic carbocycles. The standard InChI is InChI=1S/C35H38N4O3/c1-8-23-19(4)27-14-28-22(7)26(12-13-35(41)42)34(38-28)17-33-25(11-10-18(3)40)21(6)30(39-33)16-32-24(9-2)20(5)29(37-32)15-31(23)36-27/h9,14-17,36-37H,2,8,10-13H2,1,3-7H3,(H,41,42). The number of hydrogen-bond donors (Lipinski definition) is 3. The van der Waals surface area contributed by atoms with Gasteiger partial charge in [0, 0.05) is 40.5 Å². The van der Waals surface area contributed by atoms with Crippen LogP contribution in [0.3, 0.4) is 0 Å². The maximum absolute atomic E-state index is 12.0. The minimum Gasteiger partial charge on any atom is -0.481 e. The summed E-state index contributed by atoms with van der Waals surface area (Å²) in [6, 6.07) is 8.24. The number of nitrogens with one attached hydrogen (secondary N) is 2. The lowest BCUT2D eigenvalue weighted by molar-refractivity contribution is -0.136. The highest BCUT2D eigenvalue weighted by Gasteiger charge is 2.22. The van der Waals surface area contributed by atoms with Crippen molar-refractivity contribution >= 4 is 62.2 Å². The highest BCUT2D eigenvalue weighted by atomic mass is 16.4. The molecule has 3 aromatic rings. The molecule has 7 nitrogen and oxygen atoms in total. The van der Waals surface area contributed by atoms with Gasteiger partial charge in [-0.2, -0.15) is 0 Å². The summed E-state index contributed by atoms with van der Waals surface area (Å²) >= 11 is 0. The van der Waals surface area contributed by atoms with Gasteiger partial charge >= 0.3 is 5.97 Å². The van der Waals surface area contributed by atoms with Gasteiger partial charge in [0.05, 0.1) is 22.8 Å². The van der Waals surface area contributed by atoms with Crippen LogP contribution in [-0.4, -0.2) is 36.8 Å². The van der Waals surface area contributed by atoms with Crippen LogP contribution < -0.4 is 0 Å². The number of allylic oxidation sites excluding steroid dienone is 4. The molecule has 8 bridgehead atoms. The third kappa shape index (κ3) is 5.27. The lowest BCUT2D eigenvalue weighted by Crippen LogP contribution is -1.96. The van der Waals surface area contributed by atoms with Gasteiger partial charge in [0.2, 0.25) is 0 Å². The summed E-state index contributed by atoms with van der Waals surface area (Å²) in [4.78, 5) is 40.8. The van der Waals surface area contributed by atoms with Crippen molar-refractivity contribution in [3.63, 3.8) is 0 Å². The zero-order valence-corrected chi connectivity index (χ0v) is 25.3. The second-order valence-electron chi connectivity index (χ2n) is 11.2. The topological polar surface area (TPSA) is 112 Å². The van der Waals surface area contributed by atoms with E-state index in [0.29, 0.717) is 19.3 Å². The molecule has 7 heteroatoms. The summed E-state index contributed by atoms with van der Waals surface area (Å²) in [7, 11) is 0. The van der Waals surface area contributed by atoms with E-state index in [1.807, 2.05) is 26.0 Å². The van der Waals surface area contributed by atoms with Crippen molar-refractivity contribution in [1.82, 2.24) is 19.9 Å². The fourth-order valence-electron chi connectivity index (χ4n) is 6.06. The molecule has 2 aliphatic heterocycles. The number of carbonyl (C=O) groups is 2. The third-order valence-corrected chi connectivity index (χ3v) is 8.59. The molecule has 0 fully saturated rings. The number of carboxylic acids is 1. The number of ketones is 1. The van der Waals surface area contributed by atoms with Crippen LogP contribution in [0.4, 0.5) is 0 Å². The quantitative estimate of drug-likeness (QED) is 0.256. The summed E-state index contributed by atoms with van der Waals surface area (Å²) in [5.41, 5.74) is 15.5. The Kier molecular flexibility index (Phi) is 7.87. The summed E-state index contributed by atoms with van der Waals surface area (Å²) in [5, 5.41) is 9.48. The van der Waals surface area contributed by atoms with E-state index in [0.717, 1.165) is 90.2 Å². The van der Waals surface area contributed by atoms with Gasteiger partial charge < -0.3 is 19.9 Å². The summed E-state index contributed by atoms with van der Waals surface area (Å²) in [5.74, 6) is -0.730. The highest BCUT2D eigenvalue weighted by molar-refractivity contribution is 5.97. The van der Waals surface area contributed by atoms with Gasteiger partial charge in [-0.25, -0.2) is 9.97 Å². The van der Waals surface area contributed by atoms with Crippen LogP contribution >= 0.6 is 0 Å². The monoisotopic (exact) mass is 562 g/mol. The summed E-state index contributed by atoms with van der Waals surface area (Å²) < 4.78 is 0. The van der Waals surface area contributed by atoms with E-state index in [1.54, 1.807) is 6.92 Å². The molecule has 0 amide bonds. The molecule has 3 aromatic heterocycles. The molecule has 0 saturated heterocycles. The van der Waals surface area contributed by atoms with E-state index in [-0.39, 0.29) is 12.2 Å². The van der Waals surface area contributed by atoms with Gasteiger partial charge in [-0.1, -0.05) is 19.6 Å². The second-order valence-corrected chi connectivity index (χ2v) is 11.2. The van der Waals surface area contributed by atoms with Crippen molar-refractivity contribution in [2.75, 3.05) is 0 Å². The number of fused-ring (bicyclic) bond motifs is 8. The Hall–Kier alpha value is -4.52. The number of nitrogens with zero attached hydrogens (tertiary/aromatic N) is 2. The fraction of sp³-hybridized carbons (Fsp3) is 0.314. The highest BCUT2D eigenvalue weighted by Crippen LogP contribution is 2.38. The molecule has 0 aromatic carbocycles. The van der Waals surface area contributed by atoms with Crippen molar-refractivity contribution in [3.8, 4) is 0 Å². The number of aromatic nitrogens is 4. The molecular weight excluding hydrogens is 524 g/mol. The van der Waals surface area contributed by atoms with Crippen LogP contribution in [0.15, 0.2) is 30.8 Å². The lowest BCUT2D eigenvalue weighted by atomic mass is 9.98. The maximum atomic E-state index is 12.0. The van der Waals surface area contributed by atoms with Crippen LogP contribution in [-0.2, 0) is 16.0 Å². The van der Waals surface area contributed by atoms with Gasteiger partial charge in [-0.05, 0) is 117 Å². The Morgan fingerprint density at radius 1 is 0.786 bits per heavy atom. The van der Waals surface area contributed by atoms with E-state index in [4.69, 9.17) is 9.97 Å². The van der Waals surface area contributed by atoms with Crippen LogP contribution in [0, 0.1) is 13.8 Å². The molecule has 5 rings (SSSR count). The van der Waals surface area contributed by atoms with Crippen molar-refractivity contribution in [2.24, 2.45) is 0 Å². The third-order valence-electron chi connectivity index (χ3n) is 8.59. The minimum absolute atomic E-state index is 0.00966. The first-order chi connectivity index (χ1) is 20.0. The number of hydrogen-bond acceptors (Lipinski definition) is 4. The molecule has 2 aliphatic rings. The van der Waals surface area contributed by atoms with Gasteiger partial charge in [0.25, 0.3) is 0 Å². The predicted molar refractivity (Wildman–Crippen MR) is 172 cm³/mol. The summed E-state index contributed by atoms with van der Waals surface area (Å²) in [6.07, 6.45) is 4.10. The molecule has 216 valence electrons. The van der Waals surface area contributed by atoms with E-state index in [1.165, 1.54) is 5.56 Å². The first-order valence-electron chi connectivity index (χ1n) is 14.5. The Bertz CT molecular complexity index is 1880. The zero-order valence-electron chi connectivity index (χ0n) is 25.3. The van der Waals surface area contributed by atoms with Crippen molar-refractivity contribution in [3.05, 3.63) is 75.9 Å². The molecule has 3 N–H and O–H groups in total.